The van der Waals surface area contributed by atoms with E-state index >= 15 is 0 Å². The van der Waals surface area contributed by atoms with E-state index in [0.29, 0.717) is 19.0 Å². The normalized spacial score (nSPS) is 18.6. The molecule has 0 radical (unpaired) electrons. The Morgan fingerprint density at radius 2 is 2.00 bits per heavy atom. The molecule has 1 aliphatic rings. The Balaban J connectivity index is 2.00. The number of epoxide rings is 1. The molecule has 0 saturated carbocycles. The van der Waals surface area contributed by atoms with Gasteiger partial charge in [-0.15, -0.1) is 0 Å². The van der Waals surface area contributed by atoms with Crippen LogP contribution in [0, 0.1) is 0 Å². The summed E-state index contributed by atoms with van der Waals surface area (Å²) in [5, 5.41) is 0. The quantitative estimate of drug-likeness (QED) is 0.570. The lowest BCUT2D eigenvalue weighted by molar-refractivity contribution is -0.194. The highest BCUT2D eigenvalue weighted by atomic mass is 19.4. The Kier molecular flexibility index (Phi) is 5.25. The molecule has 0 aliphatic carbocycles. The number of carbonyl (C=O) groups is 1. The zero-order valence-electron chi connectivity index (χ0n) is 11.8. The second-order valence-electron chi connectivity index (χ2n) is 4.66. The van der Waals surface area contributed by atoms with Crippen LogP contribution in [0.15, 0.2) is 24.3 Å². The molecular formula is C14H15F3O5. The monoisotopic (exact) mass is 320 g/mol. The van der Waals surface area contributed by atoms with Gasteiger partial charge in [-0.05, 0) is 17.7 Å². The van der Waals surface area contributed by atoms with Crippen molar-refractivity contribution in [2.45, 2.75) is 18.4 Å². The highest BCUT2D eigenvalue weighted by molar-refractivity contribution is 5.76. The fraction of sp³-hybridized carbons (Fsp3) is 0.500. The third-order valence-electron chi connectivity index (χ3n) is 2.85. The number of ether oxygens (including phenoxy) is 4. The lowest BCUT2D eigenvalue weighted by Crippen LogP contribution is -2.24. The van der Waals surface area contributed by atoms with Crippen molar-refractivity contribution in [2.75, 3.05) is 26.9 Å². The van der Waals surface area contributed by atoms with E-state index in [2.05, 4.69) is 9.47 Å². The smallest absolute Gasteiger partial charge is 0.411 e. The minimum Gasteiger partial charge on any atom is -0.491 e. The largest absolute Gasteiger partial charge is 0.491 e. The van der Waals surface area contributed by atoms with Crippen molar-refractivity contribution in [3.8, 4) is 5.75 Å². The van der Waals surface area contributed by atoms with Crippen LogP contribution in [0.1, 0.15) is 11.7 Å². The molecule has 1 aromatic carbocycles. The standard InChI is InChI=1S/C14H15F3O5/c1-19-13(18)12(22-8-14(15,16)17)9-2-4-10(5-3-9)20-6-11-7-21-11/h2-5,11-12H,6-8H2,1H3. The number of benzene rings is 1. The first-order valence-electron chi connectivity index (χ1n) is 6.49. The molecule has 2 unspecified atom stereocenters. The van der Waals surface area contributed by atoms with E-state index < -0.39 is 24.9 Å². The molecule has 0 N–H and O–H groups in total. The van der Waals surface area contributed by atoms with Crippen LogP contribution in [0.25, 0.3) is 0 Å². The SMILES string of the molecule is COC(=O)C(OCC(F)(F)F)c1ccc(OCC2CO2)cc1. The second-order valence-corrected chi connectivity index (χ2v) is 4.66. The third-order valence-corrected chi connectivity index (χ3v) is 2.85. The number of methoxy groups -OCH3 is 1. The van der Waals surface area contributed by atoms with Gasteiger partial charge in [0.05, 0.1) is 13.7 Å². The Hall–Kier alpha value is -1.80. The summed E-state index contributed by atoms with van der Waals surface area (Å²) in [6, 6.07) is 6.01. The maximum absolute atomic E-state index is 12.2. The minimum absolute atomic E-state index is 0.0950. The van der Waals surface area contributed by atoms with Crippen molar-refractivity contribution in [3.63, 3.8) is 0 Å². The van der Waals surface area contributed by atoms with E-state index in [9.17, 15) is 18.0 Å². The average Bonchev–Trinajstić information content (AvgIpc) is 3.29. The Bertz CT molecular complexity index is 496. The highest BCUT2D eigenvalue weighted by Crippen LogP contribution is 2.25. The molecule has 0 bridgehead atoms. The van der Waals surface area contributed by atoms with E-state index in [4.69, 9.17) is 9.47 Å². The number of hydrogen-bond acceptors (Lipinski definition) is 5. The first kappa shape index (κ1) is 16.6. The van der Waals surface area contributed by atoms with E-state index in [1.165, 1.54) is 12.1 Å². The lowest BCUT2D eigenvalue weighted by Gasteiger charge is -2.17. The predicted octanol–water partition coefficient (Wildman–Crippen LogP) is 2.26. The number of rotatable bonds is 7. The maximum atomic E-state index is 12.2. The molecule has 2 rings (SSSR count). The van der Waals surface area contributed by atoms with Crippen LogP contribution < -0.4 is 4.74 Å². The van der Waals surface area contributed by atoms with Crippen molar-refractivity contribution in [3.05, 3.63) is 29.8 Å². The molecular weight excluding hydrogens is 305 g/mol. The Morgan fingerprint density at radius 3 is 2.50 bits per heavy atom. The molecule has 8 heteroatoms. The van der Waals surface area contributed by atoms with Crippen LogP contribution in [0.3, 0.4) is 0 Å². The van der Waals surface area contributed by atoms with Crippen molar-refractivity contribution in [2.24, 2.45) is 0 Å². The van der Waals surface area contributed by atoms with Gasteiger partial charge in [-0.3, -0.25) is 0 Å². The van der Waals surface area contributed by atoms with Crippen LogP contribution >= 0.6 is 0 Å². The predicted molar refractivity (Wildman–Crippen MR) is 68.4 cm³/mol. The third kappa shape index (κ3) is 5.19. The van der Waals surface area contributed by atoms with Gasteiger partial charge in [0.15, 0.2) is 6.10 Å². The van der Waals surface area contributed by atoms with E-state index in [1.807, 2.05) is 0 Å². The molecule has 5 nitrogen and oxygen atoms in total. The van der Waals surface area contributed by atoms with E-state index in [0.717, 1.165) is 7.11 Å². The zero-order valence-corrected chi connectivity index (χ0v) is 11.8. The molecule has 1 aliphatic heterocycles. The zero-order chi connectivity index (χ0) is 16.2. The molecule has 0 aromatic heterocycles. The molecule has 1 saturated heterocycles. The summed E-state index contributed by atoms with van der Waals surface area (Å²) in [5.41, 5.74) is 0.256. The van der Waals surface area contributed by atoms with Gasteiger partial charge in [-0.2, -0.15) is 13.2 Å². The minimum atomic E-state index is -4.53. The molecule has 22 heavy (non-hydrogen) atoms. The average molecular weight is 320 g/mol. The Morgan fingerprint density at radius 1 is 1.36 bits per heavy atom. The summed E-state index contributed by atoms with van der Waals surface area (Å²) in [6.07, 6.45) is -5.87. The molecule has 1 aromatic rings. The summed E-state index contributed by atoms with van der Waals surface area (Å²) in [6.45, 7) is -0.470. The van der Waals surface area contributed by atoms with Crippen molar-refractivity contribution < 1.29 is 36.9 Å². The number of carbonyl (C=O) groups excluding carboxylic acids is 1. The highest BCUT2D eigenvalue weighted by Gasteiger charge is 2.32. The van der Waals surface area contributed by atoms with Crippen molar-refractivity contribution in [1.29, 1.82) is 0 Å². The fourth-order valence-electron chi connectivity index (χ4n) is 1.68. The van der Waals surface area contributed by atoms with Crippen LogP contribution in [0.4, 0.5) is 13.2 Å². The molecule has 0 amide bonds. The number of esters is 1. The fourth-order valence-corrected chi connectivity index (χ4v) is 1.68. The summed E-state index contributed by atoms with van der Waals surface area (Å²) in [4.78, 5) is 11.6. The lowest BCUT2D eigenvalue weighted by atomic mass is 10.1. The molecule has 0 spiro atoms. The van der Waals surface area contributed by atoms with Crippen molar-refractivity contribution in [1.82, 2.24) is 0 Å². The molecule has 122 valence electrons. The van der Waals surface area contributed by atoms with Gasteiger partial charge in [-0.25, -0.2) is 4.79 Å². The van der Waals surface area contributed by atoms with Gasteiger partial charge in [0.1, 0.15) is 25.1 Å². The number of alkyl halides is 3. The van der Waals surface area contributed by atoms with E-state index in [1.54, 1.807) is 12.1 Å². The van der Waals surface area contributed by atoms with Gasteiger partial charge in [0.25, 0.3) is 0 Å². The van der Waals surface area contributed by atoms with Crippen LogP contribution in [-0.4, -0.2) is 45.2 Å². The Labute approximate surface area is 124 Å². The topological polar surface area (TPSA) is 57.3 Å². The second kappa shape index (κ2) is 6.97. The maximum Gasteiger partial charge on any atom is 0.411 e. The first-order valence-corrected chi connectivity index (χ1v) is 6.49. The van der Waals surface area contributed by atoms with Gasteiger partial charge in [-0.1, -0.05) is 12.1 Å². The van der Waals surface area contributed by atoms with Gasteiger partial charge in [0.2, 0.25) is 0 Å². The van der Waals surface area contributed by atoms with Gasteiger partial charge >= 0.3 is 12.1 Å². The summed E-state index contributed by atoms with van der Waals surface area (Å²) in [5.74, 6) is -0.372. The van der Waals surface area contributed by atoms with Gasteiger partial charge in [0, 0.05) is 0 Å². The summed E-state index contributed by atoms with van der Waals surface area (Å²) in [7, 11) is 1.08. The first-order chi connectivity index (χ1) is 10.4. The van der Waals surface area contributed by atoms with Crippen molar-refractivity contribution >= 4 is 5.97 Å². The molecule has 1 heterocycles. The number of hydrogen-bond donors (Lipinski definition) is 0. The summed E-state index contributed by atoms with van der Waals surface area (Å²) >= 11 is 0. The van der Waals surface area contributed by atoms with Crippen LogP contribution in [-0.2, 0) is 19.0 Å². The molecule has 1 fully saturated rings. The summed E-state index contributed by atoms with van der Waals surface area (Å²) < 4.78 is 56.2. The van der Waals surface area contributed by atoms with Crippen LogP contribution in [0.5, 0.6) is 5.75 Å². The van der Waals surface area contributed by atoms with Gasteiger partial charge < -0.3 is 18.9 Å². The molecule has 2 atom stereocenters. The number of halogens is 3. The van der Waals surface area contributed by atoms with E-state index in [-0.39, 0.29) is 11.7 Å². The van der Waals surface area contributed by atoms with Crippen LogP contribution in [0.2, 0.25) is 0 Å².